The third-order valence-electron chi connectivity index (χ3n) is 8.22. The van der Waals surface area contributed by atoms with Crippen LogP contribution in [0.25, 0.3) is 0 Å². The van der Waals surface area contributed by atoms with Crippen LogP contribution in [0.1, 0.15) is 29.9 Å². The molecule has 2 aliphatic heterocycles. The van der Waals surface area contributed by atoms with Gasteiger partial charge in [-0.25, -0.2) is 22.4 Å². The van der Waals surface area contributed by atoms with Gasteiger partial charge in [0.15, 0.2) is 11.6 Å². The van der Waals surface area contributed by atoms with Crippen molar-refractivity contribution in [3.05, 3.63) is 95.1 Å². The van der Waals surface area contributed by atoms with Crippen LogP contribution in [-0.2, 0) is 4.79 Å². The topological polar surface area (TPSA) is 135 Å². The van der Waals surface area contributed by atoms with Gasteiger partial charge < -0.3 is 20.5 Å². The number of ether oxygens (including phenoxy) is 1. The fraction of sp³-hybridized carbons (Fsp3) is 0.355. The summed E-state index contributed by atoms with van der Waals surface area (Å²) in [6, 6.07) is 8.73. The van der Waals surface area contributed by atoms with Gasteiger partial charge in [0, 0.05) is 38.2 Å². The van der Waals surface area contributed by atoms with Crippen molar-refractivity contribution in [2.45, 2.75) is 36.9 Å². The van der Waals surface area contributed by atoms with Crippen LogP contribution in [0.3, 0.4) is 0 Å². The molecule has 46 heavy (non-hydrogen) atoms. The van der Waals surface area contributed by atoms with Crippen LogP contribution in [0.4, 0.5) is 28.0 Å². The number of halogens is 4. The lowest BCUT2D eigenvalue weighted by Crippen LogP contribution is -2.57. The van der Waals surface area contributed by atoms with E-state index >= 15 is 4.39 Å². The van der Waals surface area contributed by atoms with Gasteiger partial charge in [0.25, 0.3) is 0 Å². The molecule has 5 atom stereocenters. The van der Waals surface area contributed by atoms with Gasteiger partial charge in [0.05, 0.1) is 17.5 Å². The Morgan fingerprint density at radius 3 is 2.41 bits per heavy atom. The van der Waals surface area contributed by atoms with Gasteiger partial charge in [-0.05, 0) is 60.4 Å². The number of hydrogen-bond acceptors (Lipinski definition) is 7. The Morgan fingerprint density at radius 1 is 1.04 bits per heavy atom. The second-order valence-corrected chi connectivity index (χ2v) is 13.5. The van der Waals surface area contributed by atoms with Crippen LogP contribution in [0.2, 0.25) is 0 Å². The summed E-state index contributed by atoms with van der Waals surface area (Å²) in [4.78, 5) is 26.8. The summed E-state index contributed by atoms with van der Waals surface area (Å²) in [6.45, 7) is 0.524. The summed E-state index contributed by atoms with van der Waals surface area (Å²) in [5.41, 5.74) is -0.0938. The molecule has 2 fully saturated rings. The molecule has 0 aromatic heterocycles. The maximum atomic E-state index is 15.2. The quantitative estimate of drug-likeness (QED) is 0.190. The number of nitrogens with one attached hydrogen (secondary N) is 2. The number of hydrogen-bond donors (Lipinski definition) is 5. The van der Waals surface area contributed by atoms with Crippen LogP contribution < -0.4 is 15.4 Å². The average Bonchev–Trinajstić information content (AvgIpc) is 3.11. The molecular weight excluding hydrogens is 632 g/mol. The van der Waals surface area contributed by atoms with E-state index in [4.69, 9.17) is 4.74 Å². The van der Waals surface area contributed by atoms with E-state index in [2.05, 4.69) is 10.6 Å². The van der Waals surface area contributed by atoms with E-state index in [-0.39, 0.29) is 41.0 Å². The van der Waals surface area contributed by atoms with E-state index in [1.807, 2.05) is 0 Å². The molecule has 2 heterocycles. The third-order valence-corrected chi connectivity index (χ3v) is 10.3. The second-order valence-electron chi connectivity index (χ2n) is 11.3. The molecule has 3 unspecified atom stereocenters. The SMILES string of the molecule is CN(C(=O)O)[C@H](C(=O)Nc1cccc(F)c1OCC1CNC2CCCS(O)(O)N1C2)[C@@H](c1ccc(F)cc1)c1cc(F)cc(F)c1. The third kappa shape index (κ3) is 7.39. The number of fused-ring (bicyclic) bond motifs is 2. The molecule has 2 saturated heterocycles. The molecule has 2 amide bonds. The predicted octanol–water partition coefficient (Wildman–Crippen LogP) is 5.47. The zero-order chi connectivity index (χ0) is 33.2. The van der Waals surface area contributed by atoms with Gasteiger partial charge in [-0.15, -0.1) is 10.8 Å². The second kappa shape index (κ2) is 13.8. The molecule has 0 spiro atoms. The molecule has 0 aliphatic carbocycles. The Labute approximate surface area is 264 Å². The van der Waals surface area contributed by atoms with E-state index < -0.39 is 64.0 Å². The smallest absolute Gasteiger partial charge is 0.407 e. The summed E-state index contributed by atoms with van der Waals surface area (Å²) >= 11 is 0. The average molecular weight is 667 g/mol. The van der Waals surface area contributed by atoms with Gasteiger partial charge in [0.1, 0.15) is 30.1 Å². The van der Waals surface area contributed by atoms with E-state index in [1.165, 1.54) is 24.3 Å². The molecule has 10 nitrogen and oxygen atoms in total. The van der Waals surface area contributed by atoms with Gasteiger partial charge in [-0.1, -0.05) is 18.2 Å². The fourth-order valence-corrected chi connectivity index (χ4v) is 7.78. The standard InChI is InChI=1S/C31H34F4N4O6S/c1-38(31(41)42)28(27(18-7-9-20(32)10-8-18)19-12-21(33)14-22(34)13-19)30(40)37-26-6-2-5-25(35)29(26)45-17-24-15-36-23-4-3-11-46(43,44)39(24)16-23/h2,5-10,12-14,23-24,27-28,36,43-44H,3-4,11,15-17H2,1H3,(H,37,40)(H,41,42)/t23?,24?,27-,28-/m0/s1. The molecule has 248 valence electrons. The van der Waals surface area contributed by atoms with Crippen LogP contribution in [0.15, 0.2) is 60.7 Å². The maximum absolute atomic E-state index is 15.2. The minimum absolute atomic E-state index is 0.0667. The van der Waals surface area contributed by atoms with E-state index in [0.29, 0.717) is 30.5 Å². The number of carbonyl (C=O) groups excluding carboxylic acids is 1. The summed E-state index contributed by atoms with van der Waals surface area (Å²) < 4.78 is 86.7. The Morgan fingerprint density at radius 2 is 1.74 bits per heavy atom. The van der Waals surface area contributed by atoms with Gasteiger partial charge in [0.2, 0.25) is 5.91 Å². The number of carboxylic acid groups (broad SMARTS) is 1. The number of carbonyl (C=O) groups is 2. The van der Waals surface area contributed by atoms with Crippen LogP contribution in [0.5, 0.6) is 5.75 Å². The number of likely N-dealkylation sites (N-methyl/N-ethyl adjacent to an activating group) is 1. The first-order valence-electron chi connectivity index (χ1n) is 14.5. The molecule has 0 radical (unpaired) electrons. The van der Waals surface area contributed by atoms with Crippen molar-refractivity contribution in [1.29, 1.82) is 0 Å². The predicted molar refractivity (Wildman–Crippen MR) is 164 cm³/mol. The lowest BCUT2D eigenvalue weighted by Gasteiger charge is -2.48. The number of anilines is 1. The minimum Gasteiger partial charge on any atom is -0.487 e. The highest BCUT2D eigenvalue weighted by atomic mass is 32.3. The lowest BCUT2D eigenvalue weighted by atomic mass is 9.83. The number of nitrogens with zero attached hydrogens (tertiary/aromatic N) is 2. The number of rotatable bonds is 9. The maximum Gasteiger partial charge on any atom is 0.407 e. The highest BCUT2D eigenvalue weighted by Gasteiger charge is 2.40. The summed E-state index contributed by atoms with van der Waals surface area (Å²) in [5, 5.41) is 15.8. The largest absolute Gasteiger partial charge is 0.487 e. The van der Waals surface area contributed by atoms with Crippen molar-refractivity contribution >= 4 is 28.5 Å². The molecule has 2 bridgehead atoms. The zero-order valence-corrected chi connectivity index (χ0v) is 25.5. The van der Waals surface area contributed by atoms with E-state index in [1.54, 1.807) is 4.31 Å². The first-order valence-corrected chi connectivity index (χ1v) is 16.2. The number of piperazine rings is 1. The molecule has 5 N–H and O–H groups in total. The van der Waals surface area contributed by atoms with Crippen LogP contribution in [0, 0.1) is 23.3 Å². The van der Waals surface area contributed by atoms with Crippen molar-refractivity contribution in [3.63, 3.8) is 0 Å². The van der Waals surface area contributed by atoms with Gasteiger partial charge in [-0.2, -0.15) is 4.31 Å². The number of para-hydroxylation sites is 1. The van der Waals surface area contributed by atoms with Crippen molar-refractivity contribution < 1.29 is 46.1 Å². The Balaban J connectivity index is 1.47. The van der Waals surface area contributed by atoms with E-state index in [0.717, 1.165) is 43.8 Å². The highest BCUT2D eigenvalue weighted by molar-refractivity contribution is 8.22. The monoisotopic (exact) mass is 666 g/mol. The van der Waals surface area contributed by atoms with Crippen molar-refractivity contribution in [2.75, 3.05) is 37.8 Å². The van der Waals surface area contributed by atoms with Crippen LogP contribution in [-0.4, -0.2) is 86.0 Å². The molecule has 3 aromatic rings. The summed E-state index contributed by atoms with van der Waals surface area (Å²) in [7, 11) is -1.98. The molecule has 2 aliphatic rings. The molecule has 3 aromatic carbocycles. The molecular formula is C31H34F4N4O6S. The Bertz CT molecular complexity index is 1560. The Kier molecular flexibility index (Phi) is 10.1. The summed E-state index contributed by atoms with van der Waals surface area (Å²) in [5.74, 6) is -5.96. The van der Waals surface area contributed by atoms with Gasteiger partial charge >= 0.3 is 6.09 Å². The van der Waals surface area contributed by atoms with Crippen molar-refractivity contribution in [3.8, 4) is 5.75 Å². The van der Waals surface area contributed by atoms with Crippen molar-refractivity contribution in [2.24, 2.45) is 0 Å². The molecule has 0 saturated carbocycles. The molecule has 15 heteroatoms. The summed E-state index contributed by atoms with van der Waals surface area (Å²) in [6.07, 6.45) is -0.156. The highest BCUT2D eigenvalue weighted by Crippen LogP contribution is 2.48. The van der Waals surface area contributed by atoms with E-state index in [9.17, 15) is 37.0 Å². The number of benzene rings is 3. The molecule has 5 rings (SSSR count). The zero-order valence-electron chi connectivity index (χ0n) is 24.7. The minimum atomic E-state index is -3.07. The first-order chi connectivity index (χ1) is 21.8. The van der Waals surface area contributed by atoms with Gasteiger partial charge in [-0.3, -0.25) is 18.8 Å². The van der Waals surface area contributed by atoms with Crippen LogP contribution >= 0.6 is 10.8 Å². The fourth-order valence-electron chi connectivity index (χ4n) is 5.96. The number of amides is 2. The first kappa shape index (κ1) is 33.5. The normalized spacial score (nSPS) is 22.5. The van der Waals surface area contributed by atoms with Crippen molar-refractivity contribution in [1.82, 2.24) is 14.5 Å². The Hall–Kier alpha value is -3.89. The lowest BCUT2D eigenvalue weighted by molar-refractivity contribution is -0.120.